The molecule has 1 aromatic carbocycles. The fourth-order valence-corrected chi connectivity index (χ4v) is 2.90. The molecule has 3 rings (SSSR count). The monoisotopic (exact) mass is 267 g/mol. The van der Waals surface area contributed by atoms with Gasteiger partial charge in [-0.05, 0) is 24.1 Å². The Labute approximate surface area is 98.4 Å². The maximum atomic E-state index is 5.22. The molecule has 3 heteroatoms. The lowest BCUT2D eigenvalue weighted by atomic mass is 10.1. The lowest BCUT2D eigenvalue weighted by molar-refractivity contribution is -0.0274. The van der Waals surface area contributed by atoms with Crippen LogP contribution in [0.15, 0.2) is 22.7 Å². The molecule has 0 aromatic heterocycles. The fourth-order valence-electron chi connectivity index (χ4n) is 2.35. The summed E-state index contributed by atoms with van der Waals surface area (Å²) in [5, 5.41) is 0. The number of nitrogens with zero attached hydrogens (tertiary/aromatic N) is 1. The molecule has 0 amide bonds. The first-order valence-corrected chi connectivity index (χ1v) is 6.24. The average Bonchev–Trinajstić information content (AvgIpc) is 2.56. The second kappa shape index (κ2) is 3.80. The molecule has 0 bridgehead atoms. The highest BCUT2D eigenvalue weighted by molar-refractivity contribution is 9.10. The van der Waals surface area contributed by atoms with Crippen molar-refractivity contribution in [1.29, 1.82) is 0 Å². The van der Waals surface area contributed by atoms with Crippen molar-refractivity contribution in [2.24, 2.45) is 5.92 Å². The van der Waals surface area contributed by atoms with Crippen LogP contribution in [0, 0.1) is 5.92 Å². The van der Waals surface area contributed by atoms with Crippen LogP contribution < -0.4 is 4.90 Å². The average molecular weight is 268 g/mol. The molecule has 0 saturated carbocycles. The molecule has 0 atom stereocenters. The van der Waals surface area contributed by atoms with Crippen LogP contribution in [0.2, 0.25) is 0 Å². The maximum absolute atomic E-state index is 5.22. The summed E-state index contributed by atoms with van der Waals surface area (Å²) in [6.07, 6.45) is 1.17. The van der Waals surface area contributed by atoms with E-state index in [1.54, 1.807) is 0 Å². The predicted molar refractivity (Wildman–Crippen MR) is 64.4 cm³/mol. The van der Waals surface area contributed by atoms with Gasteiger partial charge >= 0.3 is 0 Å². The van der Waals surface area contributed by atoms with E-state index >= 15 is 0 Å². The quantitative estimate of drug-likeness (QED) is 0.817. The van der Waals surface area contributed by atoms with E-state index in [-0.39, 0.29) is 0 Å². The van der Waals surface area contributed by atoms with Gasteiger partial charge in [0.05, 0.1) is 13.2 Å². The molecule has 0 aliphatic carbocycles. The fraction of sp³-hybridized carbons (Fsp3) is 0.500. The van der Waals surface area contributed by atoms with Gasteiger partial charge in [0.15, 0.2) is 0 Å². The van der Waals surface area contributed by atoms with Crippen molar-refractivity contribution in [3.63, 3.8) is 0 Å². The Hall–Kier alpha value is -0.540. The van der Waals surface area contributed by atoms with Crippen LogP contribution in [-0.2, 0) is 11.2 Å². The van der Waals surface area contributed by atoms with Crippen molar-refractivity contribution in [3.8, 4) is 0 Å². The molecular weight excluding hydrogens is 254 g/mol. The molecule has 0 radical (unpaired) electrons. The Morgan fingerprint density at radius 3 is 3.00 bits per heavy atom. The maximum Gasteiger partial charge on any atom is 0.0533 e. The lowest BCUT2D eigenvalue weighted by Crippen LogP contribution is -2.38. The zero-order valence-electron chi connectivity index (χ0n) is 8.58. The number of rotatable bonds is 2. The number of benzene rings is 1. The number of fused-ring (bicyclic) bond motifs is 1. The molecule has 2 nitrogen and oxygen atoms in total. The Balaban J connectivity index is 1.81. The van der Waals surface area contributed by atoms with Gasteiger partial charge in [-0.25, -0.2) is 0 Å². The molecule has 2 aliphatic rings. The molecule has 2 aliphatic heterocycles. The molecule has 1 fully saturated rings. The van der Waals surface area contributed by atoms with E-state index in [2.05, 4.69) is 39.0 Å². The molecule has 80 valence electrons. The third-order valence-corrected chi connectivity index (χ3v) is 4.00. The van der Waals surface area contributed by atoms with E-state index in [1.807, 2.05) is 0 Å². The first-order valence-electron chi connectivity index (χ1n) is 5.44. The minimum absolute atomic E-state index is 0.745. The first kappa shape index (κ1) is 9.67. The predicted octanol–water partition coefficient (Wildman–Crippen LogP) is 2.46. The third-order valence-electron chi connectivity index (χ3n) is 3.25. The molecule has 0 N–H and O–H groups in total. The van der Waals surface area contributed by atoms with Gasteiger partial charge in [0.2, 0.25) is 0 Å². The summed E-state index contributed by atoms with van der Waals surface area (Å²) in [5.41, 5.74) is 2.88. The third kappa shape index (κ3) is 1.68. The summed E-state index contributed by atoms with van der Waals surface area (Å²) in [5.74, 6) is 0.745. The van der Waals surface area contributed by atoms with Gasteiger partial charge < -0.3 is 9.64 Å². The van der Waals surface area contributed by atoms with Crippen LogP contribution in [0.1, 0.15) is 5.56 Å². The highest BCUT2D eigenvalue weighted by atomic mass is 79.9. The van der Waals surface area contributed by atoms with Gasteiger partial charge in [-0.1, -0.05) is 22.0 Å². The Kier molecular flexibility index (Phi) is 2.45. The number of hydrogen-bond donors (Lipinski definition) is 0. The SMILES string of the molecule is Brc1cccc2c1CCN2CC1COC1. The van der Waals surface area contributed by atoms with Crippen molar-refractivity contribution < 1.29 is 4.74 Å². The number of halogens is 1. The van der Waals surface area contributed by atoms with E-state index in [0.29, 0.717) is 0 Å². The van der Waals surface area contributed by atoms with E-state index in [1.165, 1.54) is 22.1 Å². The molecule has 1 saturated heterocycles. The molecule has 0 unspecified atom stereocenters. The van der Waals surface area contributed by atoms with E-state index in [9.17, 15) is 0 Å². The summed E-state index contributed by atoms with van der Waals surface area (Å²) in [4.78, 5) is 2.49. The van der Waals surface area contributed by atoms with Gasteiger partial charge in [0.1, 0.15) is 0 Å². The minimum atomic E-state index is 0.745. The molecule has 0 spiro atoms. The van der Waals surface area contributed by atoms with Crippen molar-refractivity contribution in [2.45, 2.75) is 6.42 Å². The Morgan fingerprint density at radius 2 is 2.27 bits per heavy atom. The van der Waals surface area contributed by atoms with Crippen molar-refractivity contribution in [3.05, 3.63) is 28.2 Å². The molecule has 15 heavy (non-hydrogen) atoms. The zero-order valence-corrected chi connectivity index (χ0v) is 10.2. The van der Waals surface area contributed by atoms with Crippen LogP contribution in [0.4, 0.5) is 5.69 Å². The highest BCUT2D eigenvalue weighted by Crippen LogP contribution is 2.34. The van der Waals surface area contributed by atoms with Gasteiger partial charge in [0, 0.05) is 29.2 Å². The largest absolute Gasteiger partial charge is 0.381 e. The summed E-state index contributed by atoms with van der Waals surface area (Å²) >= 11 is 3.62. The van der Waals surface area contributed by atoms with Crippen LogP contribution in [0.3, 0.4) is 0 Å². The van der Waals surface area contributed by atoms with Crippen molar-refractivity contribution in [2.75, 3.05) is 31.2 Å². The Morgan fingerprint density at radius 1 is 1.40 bits per heavy atom. The summed E-state index contributed by atoms with van der Waals surface area (Å²) in [6.45, 7) is 4.21. The smallest absolute Gasteiger partial charge is 0.0533 e. The van der Waals surface area contributed by atoms with Crippen LogP contribution in [-0.4, -0.2) is 26.3 Å². The van der Waals surface area contributed by atoms with Crippen LogP contribution in [0.25, 0.3) is 0 Å². The zero-order chi connectivity index (χ0) is 10.3. The minimum Gasteiger partial charge on any atom is -0.381 e. The van der Waals surface area contributed by atoms with Crippen LogP contribution >= 0.6 is 15.9 Å². The highest BCUT2D eigenvalue weighted by Gasteiger charge is 2.26. The van der Waals surface area contributed by atoms with E-state index < -0.39 is 0 Å². The number of ether oxygens (including phenoxy) is 1. The number of anilines is 1. The summed E-state index contributed by atoms with van der Waals surface area (Å²) < 4.78 is 6.48. The van der Waals surface area contributed by atoms with Gasteiger partial charge in [0.25, 0.3) is 0 Å². The van der Waals surface area contributed by atoms with Gasteiger partial charge in [-0.15, -0.1) is 0 Å². The molecular formula is C12H14BrNO. The second-order valence-corrected chi connectivity index (χ2v) is 5.19. The summed E-state index contributed by atoms with van der Waals surface area (Å²) in [7, 11) is 0. The van der Waals surface area contributed by atoms with Crippen molar-refractivity contribution in [1.82, 2.24) is 0 Å². The lowest BCUT2D eigenvalue weighted by Gasteiger charge is -2.31. The summed E-state index contributed by atoms with van der Waals surface area (Å²) in [6, 6.07) is 6.49. The second-order valence-electron chi connectivity index (χ2n) is 4.34. The van der Waals surface area contributed by atoms with Crippen molar-refractivity contribution >= 4 is 21.6 Å². The Bertz CT molecular complexity index is 376. The topological polar surface area (TPSA) is 12.5 Å². The van der Waals surface area contributed by atoms with E-state index in [0.717, 1.165) is 32.2 Å². The molecule has 1 aromatic rings. The van der Waals surface area contributed by atoms with Crippen LogP contribution in [0.5, 0.6) is 0 Å². The normalized spacial score (nSPS) is 20.2. The number of hydrogen-bond acceptors (Lipinski definition) is 2. The van der Waals surface area contributed by atoms with Gasteiger partial charge in [-0.2, -0.15) is 0 Å². The van der Waals surface area contributed by atoms with E-state index in [4.69, 9.17) is 4.74 Å². The first-order chi connectivity index (χ1) is 7.34. The van der Waals surface area contributed by atoms with Gasteiger partial charge in [-0.3, -0.25) is 0 Å². The standard InChI is InChI=1S/C12H14BrNO/c13-11-2-1-3-12-10(11)4-5-14(12)6-9-7-15-8-9/h1-3,9H,4-8H2. The molecule has 2 heterocycles.